The highest BCUT2D eigenvalue weighted by molar-refractivity contribution is 6.03. The molecule has 0 radical (unpaired) electrons. The van der Waals surface area contributed by atoms with Crippen LogP contribution in [0.1, 0.15) is 32.9 Å². The van der Waals surface area contributed by atoms with Crippen molar-refractivity contribution in [1.29, 1.82) is 0 Å². The van der Waals surface area contributed by atoms with Gasteiger partial charge in [-0.05, 0) is 74.7 Å². The zero-order valence-corrected chi connectivity index (χ0v) is 16.8. The Hall–Kier alpha value is -3.41. The lowest BCUT2D eigenvalue weighted by Crippen LogP contribution is -2.15. The lowest BCUT2D eigenvalue weighted by Gasteiger charge is -2.12. The Balaban J connectivity index is 1.86. The van der Waals surface area contributed by atoms with E-state index in [1.807, 2.05) is 64.1 Å². The quantitative estimate of drug-likeness (QED) is 0.674. The van der Waals surface area contributed by atoms with Crippen molar-refractivity contribution in [1.82, 2.24) is 9.97 Å². The number of anilines is 3. The number of carbonyl (C=O) groups excluding carboxylic acids is 1. The zero-order chi connectivity index (χ0) is 20.3. The molecule has 3 aromatic rings. The van der Waals surface area contributed by atoms with Gasteiger partial charge in [-0.25, -0.2) is 9.97 Å². The number of rotatable bonds is 5. The van der Waals surface area contributed by atoms with Gasteiger partial charge in [-0.2, -0.15) is 0 Å². The molecule has 0 saturated heterocycles. The maximum absolute atomic E-state index is 12.7. The fourth-order valence-electron chi connectivity index (χ4n) is 2.80. The molecule has 0 unspecified atom stereocenters. The molecule has 0 saturated carbocycles. The normalized spacial score (nSPS) is 10.5. The first-order valence-electron chi connectivity index (χ1n) is 9.01. The Morgan fingerprint density at radius 3 is 2.43 bits per heavy atom. The van der Waals surface area contributed by atoms with Crippen LogP contribution in [0.4, 0.5) is 17.3 Å². The van der Waals surface area contributed by atoms with Crippen molar-refractivity contribution in [3.05, 3.63) is 70.5 Å². The third-order valence-corrected chi connectivity index (χ3v) is 4.45. The lowest BCUT2D eigenvalue weighted by molar-refractivity contribution is 0.102. The summed E-state index contributed by atoms with van der Waals surface area (Å²) < 4.78 is 5.38. The van der Waals surface area contributed by atoms with Crippen LogP contribution in [0.3, 0.4) is 0 Å². The molecule has 1 aromatic heterocycles. The van der Waals surface area contributed by atoms with Crippen LogP contribution < -0.4 is 15.4 Å². The summed E-state index contributed by atoms with van der Waals surface area (Å²) >= 11 is 0. The van der Waals surface area contributed by atoms with Crippen molar-refractivity contribution in [2.24, 2.45) is 0 Å². The first-order valence-corrected chi connectivity index (χ1v) is 9.01. The Kier molecular flexibility index (Phi) is 5.59. The first-order chi connectivity index (χ1) is 13.4. The fraction of sp³-hybridized carbons (Fsp3) is 0.227. The fourth-order valence-corrected chi connectivity index (χ4v) is 2.80. The third kappa shape index (κ3) is 4.46. The van der Waals surface area contributed by atoms with E-state index >= 15 is 0 Å². The van der Waals surface area contributed by atoms with Crippen LogP contribution in [0.25, 0.3) is 0 Å². The van der Waals surface area contributed by atoms with E-state index in [4.69, 9.17) is 4.74 Å². The van der Waals surface area contributed by atoms with Crippen LogP contribution in [-0.2, 0) is 0 Å². The third-order valence-electron chi connectivity index (χ3n) is 4.45. The molecule has 28 heavy (non-hydrogen) atoms. The number of hydrogen-bond donors (Lipinski definition) is 2. The van der Waals surface area contributed by atoms with E-state index < -0.39 is 0 Å². The zero-order valence-electron chi connectivity index (χ0n) is 16.8. The van der Waals surface area contributed by atoms with E-state index in [1.54, 1.807) is 13.2 Å². The standard InChI is InChI=1S/C22H24N4O2/c1-13-6-9-20(28-5)18(10-13)25-22-23-16(4)12-19(26-22)21(27)24-17-8-7-14(2)15(3)11-17/h6-12H,1-5H3,(H,24,27)(H,23,25,26). The second-order valence-corrected chi connectivity index (χ2v) is 6.80. The molecule has 0 bridgehead atoms. The van der Waals surface area contributed by atoms with Crippen molar-refractivity contribution in [3.8, 4) is 5.75 Å². The molecule has 2 N–H and O–H groups in total. The number of benzene rings is 2. The summed E-state index contributed by atoms with van der Waals surface area (Å²) in [6.07, 6.45) is 0. The summed E-state index contributed by atoms with van der Waals surface area (Å²) in [5.41, 5.74) is 5.82. The molecule has 0 atom stereocenters. The molecular formula is C22H24N4O2. The van der Waals surface area contributed by atoms with Crippen molar-refractivity contribution in [2.45, 2.75) is 27.7 Å². The summed E-state index contributed by atoms with van der Waals surface area (Å²) in [5.74, 6) is 0.735. The van der Waals surface area contributed by atoms with Gasteiger partial charge in [-0.1, -0.05) is 12.1 Å². The van der Waals surface area contributed by atoms with Gasteiger partial charge in [-0.15, -0.1) is 0 Å². The molecule has 2 aromatic carbocycles. The van der Waals surface area contributed by atoms with E-state index in [0.29, 0.717) is 23.1 Å². The number of carbonyl (C=O) groups is 1. The minimum Gasteiger partial charge on any atom is -0.495 e. The summed E-state index contributed by atoms with van der Waals surface area (Å²) in [6, 6.07) is 13.2. The molecule has 0 aliphatic heterocycles. The summed E-state index contributed by atoms with van der Waals surface area (Å²) in [6.45, 7) is 7.86. The van der Waals surface area contributed by atoms with E-state index in [-0.39, 0.29) is 5.91 Å². The lowest BCUT2D eigenvalue weighted by atomic mass is 10.1. The van der Waals surface area contributed by atoms with Crippen LogP contribution in [-0.4, -0.2) is 23.0 Å². The van der Waals surface area contributed by atoms with Crippen molar-refractivity contribution in [2.75, 3.05) is 17.7 Å². The van der Waals surface area contributed by atoms with Gasteiger partial charge in [-0.3, -0.25) is 4.79 Å². The molecule has 0 spiro atoms. The van der Waals surface area contributed by atoms with E-state index in [9.17, 15) is 4.79 Å². The highest BCUT2D eigenvalue weighted by Gasteiger charge is 2.13. The molecule has 144 valence electrons. The first kappa shape index (κ1) is 19.4. The predicted molar refractivity (Wildman–Crippen MR) is 112 cm³/mol. The van der Waals surface area contributed by atoms with Crippen LogP contribution in [0.15, 0.2) is 42.5 Å². The van der Waals surface area contributed by atoms with Crippen molar-refractivity contribution < 1.29 is 9.53 Å². The Morgan fingerprint density at radius 1 is 0.929 bits per heavy atom. The van der Waals surface area contributed by atoms with Gasteiger partial charge in [0.25, 0.3) is 5.91 Å². The minimum absolute atomic E-state index is 0.284. The van der Waals surface area contributed by atoms with Crippen molar-refractivity contribution >= 4 is 23.2 Å². The van der Waals surface area contributed by atoms with Crippen LogP contribution in [0.5, 0.6) is 5.75 Å². The van der Waals surface area contributed by atoms with Crippen LogP contribution in [0, 0.1) is 27.7 Å². The van der Waals surface area contributed by atoms with Gasteiger partial charge in [0.05, 0.1) is 12.8 Å². The number of nitrogens with zero attached hydrogens (tertiary/aromatic N) is 2. The Morgan fingerprint density at radius 2 is 1.71 bits per heavy atom. The predicted octanol–water partition coefficient (Wildman–Crippen LogP) is 4.71. The summed E-state index contributed by atoms with van der Waals surface area (Å²) in [5, 5.41) is 6.05. The Bertz CT molecular complexity index is 1030. The summed E-state index contributed by atoms with van der Waals surface area (Å²) in [4.78, 5) is 21.5. The average molecular weight is 376 g/mol. The minimum atomic E-state index is -0.284. The van der Waals surface area contributed by atoms with Crippen LogP contribution >= 0.6 is 0 Å². The SMILES string of the molecule is COc1ccc(C)cc1Nc1nc(C)cc(C(=O)Nc2ccc(C)c(C)c2)n1. The molecular weight excluding hydrogens is 352 g/mol. The monoisotopic (exact) mass is 376 g/mol. The molecule has 1 amide bonds. The van der Waals surface area contributed by atoms with Gasteiger partial charge in [0.2, 0.25) is 5.95 Å². The number of amides is 1. The summed E-state index contributed by atoms with van der Waals surface area (Å²) in [7, 11) is 1.61. The van der Waals surface area contributed by atoms with Gasteiger partial charge in [0.1, 0.15) is 11.4 Å². The van der Waals surface area contributed by atoms with Gasteiger partial charge >= 0.3 is 0 Å². The number of hydrogen-bond acceptors (Lipinski definition) is 5. The molecule has 0 aliphatic rings. The number of aryl methyl sites for hydroxylation is 4. The van der Waals surface area contributed by atoms with Gasteiger partial charge in [0, 0.05) is 11.4 Å². The number of nitrogens with one attached hydrogen (secondary N) is 2. The van der Waals surface area contributed by atoms with E-state index in [0.717, 1.165) is 22.5 Å². The van der Waals surface area contributed by atoms with Gasteiger partial charge in [0.15, 0.2) is 0 Å². The van der Waals surface area contributed by atoms with Crippen LogP contribution in [0.2, 0.25) is 0 Å². The smallest absolute Gasteiger partial charge is 0.274 e. The topological polar surface area (TPSA) is 76.1 Å². The Labute approximate surface area is 165 Å². The molecule has 6 nitrogen and oxygen atoms in total. The number of aromatic nitrogens is 2. The average Bonchev–Trinajstić information content (AvgIpc) is 2.64. The molecule has 1 heterocycles. The molecule has 3 rings (SSSR count). The second-order valence-electron chi connectivity index (χ2n) is 6.80. The largest absolute Gasteiger partial charge is 0.495 e. The highest BCUT2D eigenvalue weighted by Crippen LogP contribution is 2.27. The van der Waals surface area contributed by atoms with E-state index in [2.05, 4.69) is 20.6 Å². The second kappa shape index (κ2) is 8.08. The van der Waals surface area contributed by atoms with Crippen molar-refractivity contribution in [3.63, 3.8) is 0 Å². The van der Waals surface area contributed by atoms with E-state index in [1.165, 1.54) is 5.56 Å². The number of methoxy groups -OCH3 is 1. The maximum Gasteiger partial charge on any atom is 0.274 e. The molecule has 0 aliphatic carbocycles. The molecule has 6 heteroatoms. The highest BCUT2D eigenvalue weighted by atomic mass is 16.5. The maximum atomic E-state index is 12.7. The number of ether oxygens (including phenoxy) is 1. The molecule has 0 fully saturated rings. The van der Waals surface area contributed by atoms with Gasteiger partial charge < -0.3 is 15.4 Å².